The molecule has 0 fully saturated rings. The van der Waals surface area contributed by atoms with Crippen LogP contribution in [-0.4, -0.2) is 13.1 Å². The number of ether oxygens (including phenoxy) is 1. The third-order valence-corrected chi connectivity index (χ3v) is 1.61. The zero-order chi connectivity index (χ0) is 11.1. The second-order valence-corrected chi connectivity index (χ2v) is 2.42. The molecule has 3 heteroatoms. The maximum Gasteiger partial charge on any atom is 0.341 e. The zero-order valence-corrected chi connectivity index (χ0v) is 8.93. The maximum absolute atomic E-state index is 13.0. The second kappa shape index (κ2) is 6.13. The smallest absolute Gasteiger partial charge is 0.341 e. The number of carbonyl (C=O) groups is 1. The van der Waals surface area contributed by atoms with Gasteiger partial charge in [0.2, 0.25) is 0 Å². The first-order chi connectivity index (χ1) is 6.66. The Morgan fingerprint density at radius 1 is 1.36 bits per heavy atom. The zero-order valence-electron chi connectivity index (χ0n) is 8.93. The van der Waals surface area contributed by atoms with Gasteiger partial charge < -0.3 is 4.74 Å². The van der Waals surface area contributed by atoms with E-state index in [1.54, 1.807) is 19.1 Å². The summed E-state index contributed by atoms with van der Waals surface area (Å²) in [5.74, 6) is -1.17. The molecule has 0 aromatic heterocycles. The first-order valence-corrected chi connectivity index (χ1v) is 4.50. The van der Waals surface area contributed by atoms with E-state index in [1.807, 2.05) is 13.8 Å². The Hall–Kier alpha value is -1.38. The van der Waals surface area contributed by atoms with E-state index in [-0.39, 0.29) is 5.56 Å². The number of carbonyl (C=O) groups excluding carboxylic acids is 1. The number of methoxy groups -OCH3 is 1. The summed E-state index contributed by atoms with van der Waals surface area (Å²) < 4.78 is 17.4. The SMILES string of the molecule is CC.COC(=O)c1c(C)cccc1F. The van der Waals surface area contributed by atoms with Gasteiger partial charge in [0.15, 0.2) is 0 Å². The largest absolute Gasteiger partial charge is 0.465 e. The average molecular weight is 198 g/mol. The Morgan fingerprint density at radius 3 is 2.36 bits per heavy atom. The summed E-state index contributed by atoms with van der Waals surface area (Å²) >= 11 is 0. The van der Waals surface area contributed by atoms with Crippen molar-refractivity contribution in [1.29, 1.82) is 0 Å². The van der Waals surface area contributed by atoms with Crippen molar-refractivity contribution < 1.29 is 13.9 Å². The van der Waals surface area contributed by atoms with Gasteiger partial charge in [0, 0.05) is 0 Å². The highest BCUT2D eigenvalue weighted by Gasteiger charge is 2.13. The number of hydrogen-bond donors (Lipinski definition) is 0. The number of hydrogen-bond acceptors (Lipinski definition) is 2. The molecule has 0 atom stereocenters. The minimum Gasteiger partial charge on any atom is -0.465 e. The molecule has 14 heavy (non-hydrogen) atoms. The van der Waals surface area contributed by atoms with E-state index in [1.165, 1.54) is 13.2 Å². The van der Waals surface area contributed by atoms with Crippen LogP contribution in [0.25, 0.3) is 0 Å². The van der Waals surface area contributed by atoms with Crippen molar-refractivity contribution in [1.82, 2.24) is 0 Å². The molecule has 0 aliphatic heterocycles. The first kappa shape index (κ1) is 12.6. The number of benzene rings is 1. The molecule has 0 heterocycles. The number of esters is 1. The molecule has 2 nitrogen and oxygen atoms in total. The molecule has 0 saturated heterocycles. The molecule has 0 unspecified atom stereocenters. The van der Waals surface area contributed by atoms with Crippen LogP contribution in [0.4, 0.5) is 4.39 Å². The maximum atomic E-state index is 13.0. The van der Waals surface area contributed by atoms with Gasteiger partial charge in [0.25, 0.3) is 0 Å². The van der Waals surface area contributed by atoms with E-state index in [4.69, 9.17) is 0 Å². The lowest BCUT2D eigenvalue weighted by Gasteiger charge is -2.03. The summed E-state index contributed by atoms with van der Waals surface area (Å²) in [7, 11) is 1.23. The topological polar surface area (TPSA) is 26.3 Å². The molecule has 78 valence electrons. The Balaban J connectivity index is 0.000000791. The summed E-state index contributed by atoms with van der Waals surface area (Å²) in [4.78, 5) is 11.0. The second-order valence-electron chi connectivity index (χ2n) is 2.42. The molecule has 0 aliphatic carbocycles. The van der Waals surface area contributed by atoms with Crippen LogP contribution >= 0.6 is 0 Å². The van der Waals surface area contributed by atoms with Crippen LogP contribution in [0.5, 0.6) is 0 Å². The lowest BCUT2D eigenvalue weighted by molar-refractivity contribution is 0.0594. The monoisotopic (exact) mass is 198 g/mol. The van der Waals surface area contributed by atoms with E-state index in [9.17, 15) is 9.18 Å². The van der Waals surface area contributed by atoms with Crippen molar-refractivity contribution in [2.45, 2.75) is 20.8 Å². The predicted octanol–water partition coefficient (Wildman–Crippen LogP) is 2.95. The van der Waals surface area contributed by atoms with E-state index in [2.05, 4.69) is 4.74 Å². The van der Waals surface area contributed by atoms with Crippen LogP contribution in [0.15, 0.2) is 18.2 Å². The van der Waals surface area contributed by atoms with Gasteiger partial charge in [-0.2, -0.15) is 0 Å². The Morgan fingerprint density at radius 2 is 1.93 bits per heavy atom. The van der Waals surface area contributed by atoms with Crippen molar-refractivity contribution in [2.75, 3.05) is 7.11 Å². The molecule has 0 amide bonds. The molecule has 0 aliphatic rings. The van der Waals surface area contributed by atoms with E-state index in [0.717, 1.165) is 0 Å². The van der Waals surface area contributed by atoms with E-state index in [0.29, 0.717) is 5.56 Å². The summed E-state index contributed by atoms with van der Waals surface area (Å²) in [6.45, 7) is 5.66. The fourth-order valence-corrected chi connectivity index (χ4v) is 0.993. The van der Waals surface area contributed by atoms with Crippen LogP contribution < -0.4 is 0 Å². The molecule has 1 aromatic rings. The van der Waals surface area contributed by atoms with E-state index >= 15 is 0 Å². The van der Waals surface area contributed by atoms with Crippen molar-refractivity contribution in [2.24, 2.45) is 0 Å². The highest BCUT2D eigenvalue weighted by molar-refractivity contribution is 5.91. The molecule has 0 saturated carbocycles. The van der Waals surface area contributed by atoms with Crippen molar-refractivity contribution in [3.63, 3.8) is 0 Å². The number of aryl methyl sites for hydroxylation is 1. The van der Waals surface area contributed by atoms with Crippen LogP contribution in [-0.2, 0) is 4.74 Å². The minimum absolute atomic E-state index is 0.0139. The van der Waals surface area contributed by atoms with Crippen LogP contribution in [0, 0.1) is 12.7 Å². The third kappa shape index (κ3) is 2.83. The molecule has 0 N–H and O–H groups in total. The molecular weight excluding hydrogens is 183 g/mol. The summed E-state index contributed by atoms with van der Waals surface area (Å²) in [5, 5.41) is 0. The highest BCUT2D eigenvalue weighted by Crippen LogP contribution is 2.12. The highest BCUT2D eigenvalue weighted by atomic mass is 19.1. The van der Waals surface area contributed by atoms with Gasteiger partial charge in [-0.15, -0.1) is 0 Å². The standard InChI is InChI=1S/C9H9FO2.C2H6/c1-6-4-3-5-7(10)8(6)9(11)12-2;1-2/h3-5H,1-2H3;1-2H3. The van der Waals surface area contributed by atoms with Crippen LogP contribution in [0.2, 0.25) is 0 Å². The lowest BCUT2D eigenvalue weighted by atomic mass is 10.1. The van der Waals surface area contributed by atoms with Crippen molar-refractivity contribution in [3.05, 3.63) is 35.1 Å². The van der Waals surface area contributed by atoms with Gasteiger partial charge in [0.05, 0.1) is 12.7 Å². The van der Waals surface area contributed by atoms with Crippen LogP contribution in [0.1, 0.15) is 29.8 Å². The van der Waals surface area contributed by atoms with Gasteiger partial charge >= 0.3 is 5.97 Å². The number of rotatable bonds is 1. The molecule has 0 radical (unpaired) electrons. The first-order valence-electron chi connectivity index (χ1n) is 4.50. The minimum atomic E-state index is -0.634. The molecule has 0 spiro atoms. The fourth-order valence-electron chi connectivity index (χ4n) is 0.993. The summed E-state index contributed by atoms with van der Waals surface area (Å²) in [6, 6.07) is 4.45. The van der Waals surface area contributed by atoms with Gasteiger partial charge in [-0.25, -0.2) is 9.18 Å². The van der Waals surface area contributed by atoms with Crippen molar-refractivity contribution >= 4 is 5.97 Å². The van der Waals surface area contributed by atoms with Gasteiger partial charge in [-0.1, -0.05) is 26.0 Å². The predicted molar refractivity (Wildman–Crippen MR) is 53.8 cm³/mol. The molecular formula is C11H15FO2. The normalized spacial score (nSPS) is 8.64. The van der Waals surface area contributed by atoms with Gasteiger partial charge in [0.1, 0.15) is 5.82 Å². The van der Waals surface area contributed by atoms with E-state index < -0.39 is 11.8 Å². The van der Waals surface area contributed by atoms with Crippen LogP contribution in [0.3, 0.4) is 0 Å². The quantitative estimate of drug-likeness (QED) is 0.648. The third-order valence-electron chi connectivity index (χ3n) is 1.61. The van der Waals surface area contributed by atoms with Gasteiger partial charge in [-0.3, -0.25) is 0 Å². The Bertz CT molecular complexity index is 288. The summed E-state index contributed by atoms with van der Waals surface area (Å²) in [6.07, 6.45) is 0. The lowest BCUT2D eigenvalue weighted by Crippen LogP contribution is -2.06. The summed E-state index contributed by atoms with van der Waals surface area (Å²) in [5.41, 5.74) is 0.599. The molecule has 0 bridgehead atoms. The Labute approximate surface area is 83.7 Å². The van der Waals surface area contributed by atoms with Gasteiger partial charge in [-0.05, 0) is 18.6 Å². The average Bonchev–Trinajstić information content (AvgIpc) is 2.20. The van der Waals surface area contributed by atoms with Crippen molar-refractivity contribution in [3.8, 4) is 0 Å². The molecule has 1 rings (SSSR count). The fraction of sp³-hybridized carbons (Fsp3) is 0.364. The Kier molecular flexibility index (Phi) is 5.53. The molecule has 1 aromatic carbocycles. The number of halogens is 1.